The van der Waals surface area contributed by atoms with E-state index in [1.54, 1.807) is 19.1 Å². The average Bonchev–Trinajstić information content (AvgIpc) is 2.72. The molecular weight excluding hydrogens is 435 g/mol. The van der Waals surface area contributed by atoms with Gasteiger partial charge in [0.1, 0.15) is 16.8 Å². The lowest BCUT2D eigenvalue weighted by molar-refractivity contribution is -0.146. The Hall–Kier alpha value is -2.78. The fraction of sp³-hybridized carbons (Fsp3) is 0.250. The zero-order chi connectivity index (χ0) is 22.1. The Kier molecular flexibility index (Phi) is 8.94. The molecule has 0 aliphatic rings. The van der Waals surface area contributed by atoms with Gasteiger partial charge in [-0.1, -0.05) is 11.6 Å². The molecule has 0 heterocycles. The summed E-state index contributed by atoms with van der Waals surface area (Å²) in [5.41, 5.74) is 0.884. The molecule has 2 amide bonds. The smallest absolute Gasteiger partial charge is 0.319 e. The van der Waals surface area contributed by atoms with Crippen molar-refractivity contribution in [3.63, 3.8) is 0 Å². The molecule has 0 radical (unpaired) electrons. The Labute approximate surface area is 182 Å². The van der Waals surface area contributed by atoms with Crippen molar-refractivity contribution in [2.24, 2.45) is 0 Å². The summed E-state index contributed by atoms with van der Waals surface area (Å²) in [6.45, 7) is 1.09. The zero-order valence-corrected chi connectivity index (χ0v) is 17.8. The van der Waals surface area contributed by atoms with Crippen molar-refractivity contribution in [3.8, 4) is 5.75 Å². The van der Waals surface area contributed by atoms with Gasteiger partial charge in [-0.3, -0.25) is 14.4 Å². The molecule has 1 unspecified atom stereocenters. The number of ether oxygens (including phenoxy) is 2. The highest BCUT2D eigenvalue weighted by atomic mass is 35.5. The fourth-order valence-corrected chi connectivity index (χ4v) is 3.13. The monoisotopic (exact) mass is 454 g/mol. The van der Waals surface area contributed by atoms with Gasteiger partial charge in [-0.15, -0.1) is 11.8 Å². The molecule has 0 bridgehead atoms. The van der Waals surface area contributed by atoms with Crippen LogP contribution in [0.25, 0.3) is 0 Å². The highest BCUT2D eigenvalue weighted by molar-refractivity contribution is 8.01. The molecule has 2 aromatic rings. The van der Waals surface area contributed by atoms with Crippen molar-refractivity contribution in [2.45, 2.75) is 12.2 Å². The van der Waals surface area contributed by atoms with Crippen LogP contribution >= 0.6 is 23.4 Å². The Morgan fingerprint density at radius 1 is 1.07 bits per heavy atom. The Bertz CT molecular complexity index is 911. The Morgan fingerprint density at radius 3 is 2.33 bits per heavy atom. The van der Waals surface area contributed by atoms with Crippen LogP contribution in [-0.2, 0) is 19.1 Å². The Balaban J connectivity index is 1.71. The van der Waals surface area contributed by atoms with Crippen LogP contribution in [0.5, 0.6) is 5.75 Å². The van der Waals surface area contributed by atoms with Gasteiger partial charge in [0.15, 0.2) is 6.61 Å². The summed E-state index contributed by atoms with van der Waals surface area (Å²) >= 11 is 7.04. The fourth-order valence-electron chi connectivity index (χ4n) is 2.19. The van der Waals surface area contributed by atoms with Gasteiger partial charge in [-0.05, 0) is 49.4 Å². The number of carbonyl (C=O) groups is 3. The number of hydrogen-bond acceptors (Lipinski definition) is 6. The molecule has 7 nitrogen and oxygen atoms in total. The second kappa shape index (κ2) is 11.4. The number of carbonyl (C=O) groups excluding carboxylic acids is 3. The first-order chi connectivity index (χ1) is 14.3. The minimum Gasteiger partial charge on any atom is -0.495 e. The van der Waals surface area contributed by atoms with Crippen molar-refractivity contribution in [1.29, 1.82) is 0 Å². The van der Waals surface area contributed by atoms with Gasteiger partial charge in [0, 0.05) is 11.4 Å². The van der Waals surface area contributed by atoms with Gasteiger partial charge >= 0.3 is 5.97 Å². The van der Waals surface area contributed by atoms with Gasteiger partial charge in [-0.25, -0.2) is 4.39 Å². The van der Waals surface area contributed by atoms with Crippen LogP contribution in [0, 0.1) is 5.82 Å². The predicted molar refractivity (Wildman–Crippen MR) is 115 cm³/mol. The van der Waals surface area contributed by atoms with Crippen LogP contribution in [0.2, 0.25) is 5.02 Å². The van der Waals surface area contributed by atoms with E-state index in [0.29, 0.717) is 22.1 Å². The molecule has 10 heteroatoms. The number of amides is 2. The number of esters is 1. The summed E-state index contributed by atoms with van der Waals surface area (Å²) in [4.78, 5) is 35.9. The number of benzene rings is 2. The first kappa shape index (κ1) is 23.5. The topological polar surface area (TPSA) is 93.7 Å². The summed E-state index contributed by atoms with van der Waals surface area (Å²) in [6, 6.07) is 10.0. The maximum Gasteiger partial charge on any atom is 0.319 e. The molecule has 0 spiro atoms. The molecule has 0 saturated carbocycles. The largest absolute Gasteiger partial charge is 0.495 e. The van der Waals surface area contributed by atoms with E-state index >= 15 is 0 Å². The molecule has 0 aliphatic carbocycles. The van der Waals surface area contributed by atoms with E-state index in [4.69, 9.17) is 21.1 Å². The highest BCUT2D eigenvalue weighted by Crippen LogP contribution is 2.27. The maximum atomic E-state index is 12.9. The van der Waals surface area contributed by atoms with Crippen molar-refractivity contribution in [1.82, 2.24) is 0 Å². The first-order valence-electron chi connectivity index (χ1n) is 8.75. The number of anilines is 2. The standard InChI is InChI=1S/C20H20ClFN2O5S/c1-12(30-11-19(26)23-14-5-3-13(22)4-6-14)20(27)29-10-18(25)24-15-7-8-17(28-2)16(21)9-15/h3-9,12H,10-11H2,1-2H3,(H,23,26)(H,24,25). The van der Waals surface area contributed by atoms with E-state index in [0.717, 1.165) is 11.8 Å². The maximum absolute atomic E-state index is 12.9. The Morgan fingerprint density at radius 2 is 1.70 bits per heavy atom. The zero-order valence-electron chi connectivity index (χ0n) is 16.2. The van der Waals surface area contributed by atoms with Crippen LogP contribution < -0.4 is 15.4 Å². The molecule has 0 aromatic heterocycles. The summed E-state index contributed by atoms with van der Waals surface area (Å²) in [5.74, 6) is -1.45. The summed E-state index contributed by atoms with van der Waals surface area (Å²) in [5, 5.41) is 4.82. The van der Waals surface area contributed by atoms with Crippen molar-refractivity contribution in [3.05, 3.63) is 53.3 Å². The second-order valence-electron chi connectivity index (χ2n) is 6.01. The lowest BCUT2D eigenvalue weighted by Crippen LogP contribution is -2.26. The number of hydrogen-bond donors (Lipinski definition) is 2. The molecule has 1 atom stereocenters. The number of rotatable bonds is 9. The third-order valence-corrected chi connectivity index (χ3v) is 5.12. The molecule has 30 heavy (non-hydrogen) atoms. The summed E-state index contributed by atoms with van der Waals surface area (Å²) in [7, 11) is 1.48. The van der Waals surface area contributed by atoms with Gasteiger partial charge in [0.25, 0.3) is 5.91 Å². The van der Waals surface area contributed by atoms with E-state index in [9.17, 15) is 18.8 Å². The van der Waals surface area contributed by atoms with E-state index in [-0.39, 0.29) is 11.7 Å². The van der Waals surface area contributed by atoms with E-state index in [1.165, 1.54) is 37.4 Å². The minimum atomic E-state index is -0.660. The van der Waals surface area contributed by atoms with Gasteiger partial charge in [0.2, 0.25) is 5.91 Å². The first-order valence-corrected chi connectivity index (χ1v) is 10.2. The normalized spacial score (nSPS) is 11.3. The molecule has 160 valence electrons. The van der Waals surface area contributed by atoms with Gasteiger partial charge in [-0.2, -0.15) is 0 Å². The number of nitrogens with one attached hydrogen (secondary N) is 2. The van der Waals surface area contributed by atoms with Crippen LogP contribution in [0.1, 0.15) is 6.92 Å². The van der Waals surface area contributed by atoms with Gasteiger partial charge < -0.3 is 20.1 Å². The quantitative estimate of drug-likeness (QED) is 0.561. The van der Waals surface area contributed by atoms with E-state index < -0.39 is 29.6 Å². The molecule has 2 rings (SSSR count). The third-order valence-electron chi connectivity index (χ3n) is 3.71. The molecular formula is C20H20ClFN2O5S. The third kappa shape index (κ3) is 7.57. The van der Waals surface area contributed by atoms with Crippen LogP contribution in [0.4, 0.5) is 15.8 Å². The lowest BCUT2D eigenvalue weighted by atomic mass is 10.3. The molecule has 0 saturated heterocycles. The second-order valence-corrected chi connectivity index (χ2v) is 7.75. The van der Waals surface area contributed by atoms with Crippen molar-refractivity contribution >= 4 is 52.5 Å². The SMILES string of the molecule is COc1ccc(NC(=O)COC(=O)C(C)SCC(=O)Nc2ccc(F)cc2)cc1Cl. The van der Waals surface area contributed by atoms with Crippen molar-refractivity contribution in [2.75, 3.05) is 30.1 Å². The number of thioether (sulfide) groups is 1. The molecule has 0 aliphatic heterocycles. The molecule has 2 N–H and O–H groups in total. The predicted octanol–water partition coefficient (Wildman–Crippen LogP) is 3.73. The van der Waals surface area contributed by atoms with Crippen LogP contribution in [-0.4, -0.2) is 42.5 Å². The van der Waals surface area contributed by atoms with E-state index in [1.807, 2.05) is 0 Å². The van der Waals surface area contributed by atoms with Crippen molar-refractivity contribution < 1.29 is 28.2 Å². The molecule has 0 fully saturated rings. The van der Waals surface area contributed by atoms with Crippen LogP contribution in [0.3, 0.4) is 0 Å². The summed E-state index contributed by atoms with van der Waals surface area (Å²) < 4.78 is 22.9. The number of methoxy groups -OCH3 is 1. The highest BCUT2D eigenvalue weighted by Gasteiger charge is 2.18. The van der Waals surface area contributed by atoms with Gasteiger partial charge in [0.05, 0.1) is 17.9 Å². The molecule has 2 aromatic carbocycles. The van der Waals surface area contributed by atoms with E-state index in [2.05, 4.69) is 10.6 Å². The van der Waals surface area contributed by atoms with Crippen LogP contribution in [0.15, 0.2) is 42.5 Å². The minimum absolute atomic E-state index is 0.00974. The average molecular weight is 455 g/mol. The lowest BCUT2D eigenvalue weighted by Gasteiger charge is -2.12. The number of halogens is 2. The summed E-state index contributed by atoms with van der Waals surface area (Å²) in [6.07, 6.45) is 0.